The van der Waals surface area contributed by atoms with Crippen LogP contribution in [0.3, 0.4) is 0 Å². The number of nitrogens with zero attached hydrogens (tertiary/aromatic N) is 2. The van der Waals surface area contributed by atoms with Crippen molar-refractivity contribution in [1.29, 1.82) is 5.26 Å². The van der Waals surface area contributed by atoms with Gasteiger partial charge in [-0.3, -0.25) is 4.31 Å². The Morgan fingerprint density at radius 3 is 2.48 bits per heavy atom. The second-order valence-electron chi connectivity index (χ2n) is 4.57. The molecular formula is C15H13ClN2O2S. The summed E-state index contributed by atoms with van der Waals surface area (Å²) < 4.78 is 26.4. The monoisotopic (exact) mass is 320 g/mol. The van der Waals surface area contributed by atoms with Crippen molar-refractivity contribution in [1.82, 2.24) is 0 Å². The summed E-state index contributed by atoms with van der Waals surface area (Å²) in [6.07, 6.45) is 0. The van der Waals surface area contributed by atoms with Crippen molar-refractivity contribution in [2.75, 3.05) is 11.4 Å². The van der Waals surface area contributed by atoms with Crippen molar-refractivity contribution in [2.45, 2.75) is 11.8 Å². The van der Waals surface area contributed by atoms with Gasteiger partial charge in [0.25, 0.3) is 10.0 Å². The molecule has 0 saturated carbocycles. The van der Waals surface area contributed by atoms with E-state index in [-0.39, 0.29) is 9.92 Å². The molecule has 0 bridgehead atoms. The maximum absolute atomic E-state index is 12.6. The summed E-state index contributed by atoms with van der Waals surface area (Å²) in [5, 5.41) is 8.84. The van der Waals surface area contributed by atoms with Gasteiger partial charge in [-0.05, 0) is 42.8 Å². The van der Waals surface area contributed by atoms with Gasteiger partial charge in [0, 0.05) is 7.05 Å². The van der Waals surface area contributed by atoms with Gasteiger partial charge in [0.2, 0.25) is 0 Å². The van der Waals surface area contributed by atoms with Gasteiger partial charge in [-0.25, -0.2) is 8.42 Å². The van der Waals surface area contributed by atoms with E-state index in [0.29, 0.717) is 11.3 Å². The van der Waals surface area contributed by atoms with E-state index in [1.807, 2.05) is 19.1 Å². The largest absolute Gasteiger partial charge is 0.269 e. The molecule has 0 heterocycles. The molecule has 0 aliphatic rings. The molecule has 0 fully saturated rings. The molecule has 108 valence electrons. The molecular weight excluding hydrogens is 308 g/mol. The second-order valence-corrected chi connectivity index (χ2v) is 6.91. The summed E-state index contributed by atoms with van der Waals surface area (Å²) in [6.45, 7) is 1.89. The van der Waals surface area contributed by atoms with E-state index in [0.717, 1.165) is 5.56 Å². The Morgan fingerprint density at radius 1 is 1.19 bits per heavy atom. The lowest BCUT2D eigenvalue weighted by atomic mass is 10.2. The third-order valence-corrected chi connectivity index (χ3v) is 5.33. The first kappa shape index (κ1) is 15.4. The van der Waals surface area contributed by atoms with Gasteiger partial charge in [0.15, 0.2) is 0 Å². The van der Waals surface area contributed by atoms with Crippen LogP contribution in [0.4, 0.5) is 5.69 Å². The Kier molecular flexibility index (Phi) is 4.21. The quantitative estimate of drug-likeness (QED) is 0.871. The van der Waals surface area contributed by atoms with Crippen molar-refractivity contribution in [3.63, 3.8) is 0 Å². The minimum atomic E-state index is -3.77. The zero-order chi connectivity index (χ0) is 15.6. The zero-order valence-corrected chi connectivity index (χ0v) is 13.1. The number of aryl methyl sites for hydroxylation is 1. The molecule has 0 aromatic heterocycles. The Bertz CT molecular complexity index is 826. The van der Waals surface area contributed by atoms with E-state index in [9.17, 15) is 8.42 Å². The van der Waals surface area contributed by atoms with Gasteiger partial charge >= 0.3 is 0 Å². The Labute approximate surface area is 129 Å². The van der Waals surface area contributed by atoms with Gasteiger partial charge in [-0.15, -0.1) is 0 Å². The highest BCUT2D eigenvalue weighted by atomic mass is 35.5. The van der Waals surface area contributed by atoms with E-state index in [1.54, 1.807) is 18.2 Å². The molecule has 0 radical (unpaired) electrons. The highest BCUT2D eigenvalue weighted by molar-refractivity contribution is 7.93. The van der Waals surface area contributed by atoms with Crippen LogP contribution < -0.4 is 4.31 Å². The lowest BCUT2D eigenvalue weighted by molar-refractivity contribution is 0.594. The fourth-order valence-electron chi connectivity index (χ4n) is 1.89. The first-order chi connectivity index (χ1) is 9.86. The molecule has 0 unspecified atom stereocenters. The SMILES string of the molecule is Cc1cccc(N(C)S(=O)(=O)c2ccc(C#N)cc2Cl)c1. The van der Waals surface area contributed by atoms with Gasteiger partial charge in [-0.2, -0.15) is 5.26 Å². The van der Waals surface area contributed by atoms with Crippen LogP contribution >= 0.6 is 11.6 Å². The molecule has 4 nitrogen and oxygen atoms in total. The molecule has 0 aliphatic carbocycles. The van der Waals surface area contributed by atoms with E-state index >= 15 is 0 Å². The van der Waals surface area contributed by atoms with Gasteiger partial charge in [-0.1, -0.05) is 23.7 Å². The van der Waals surface area contributed by atoms with Crippen LogP contribution in [0.2, 0.25) is 5.02 Å². The second kappa shape index (κ2) is 5.76. The highest BCUT2D eigenvalue weighted by Gasteiger charge is 2.24. The number of rotatable bonds is 3. The maximum atomic E-state index is 12.6. The topological polar surface area (TPSA) is 61.2 Å². The number of sulfonamides is 1. The molecule has 0 saturated heterocycles. The third-order valence-electron chi connectivity index (χ3n) is 3.06. The number of hydrogen-bond acceptors (Lipinski definition) is 3. The third kappa shape index (κ3) is 3.02. The fourth-order valence-corrected chi connectivity index (χ4v) is 3.59. The lowest BCUT2D eigenvalue weighted by Gasteiger charge is -2.20. The summed E-state index contributed by atoms with van der Waals surface area (Å²) >= 11 is 6.00. The molecule has 0 spiro atoms. The molecule has 0 aliphatic heterocycles. The molecule has 6 heteroatoms. The summed E-state index contributed by atoms with van der Waals surface area (Å²) in [6, 6.07) is 13.2. The van der Waals surface area contributed by atoms with Crippen LogP contribution in [0, 0.1) is 18.3 Å². The number of anilines is 1. The van der Waals surface area contributed by atoms with Crippen LogP contribution in [0.5, 0.6) is 0 Å². The minimum Gasteiger partial charge on any atom is -0.269 e. The van der Waals surface area contributed by atoms with Crippen molar-refractivity contribution in [3.8, 4) is 6.07 Å². The van der Waals surface area contributed by atoms with Gasteiger partial charge < -0.3 is 0 Å². The summed E-state index contributed by atoms with van der Waals surface area (Å²) in [4.78, 5) is -0.0211. The smallest absolute Gasteiger partial charge is 0.265 e. The first-order valence-corrected chi connectivity index (χ1v) is 7.93. The van der Waals surface area contributed by atoms with Crippen LogP contribution in [0.15, 0.2) is 47.4 Å². The van der Waals surface area contributed by atoms with Crippen molar-refractivity contribution >= 4 is 27.3 Å². The average molecular weight is 321 g/mol. The molecule has 0 atom stereocenters. The lowest BCUT2D eigenvalue weighted by Crippen LogP contribution is -2.26. The van der Waals surface area contributed by atoms with Crippen LogP contribution in [0.25, 0.3) is 0 Å². The Morgan fingerprint density at radius 2 is 1.90 bits per heavy atom. The number of nitriles is 1. The van der Waals surface area contributed by atoms with Crippen LogP contribution in [-0.2, 0) is 10.0 Å². The number of hydrogen-bond donors (Lipinski definition) is 0. The predicted molar refractivity (Wildman–Crippen MR) is 82.9 cm³/mol. The normalized spacial score (nSPS) is 11.0. The first-order valence-electron chi connectivity index (χ1n) is 6.11. The Hall–Kier alpha value is -2.03. The van der Waals surface area contributed by atoms with Crippen LogP contribution in [-0.4, -0.2) is 15.5 Å². The minimum absolute atomic E-state index is 0.0211. The molecule has 2 rings (SSSR count). The fraction of sp³-hybridized carbons (Fsp3) is 0.133. The summed E-state index contributed by atoms with van der Waals surface area (Å²) in [5.74, 6) is 0. The van der Waals surface area contributed by atoms with Gasteiger partial charge in [0.05, 0.1) is 22.3 Å². The molecule has 0 N–H and O–H groups in total. The van der Waals surface area contributed by atoms with E-state index in [4.69, 9.17) is 16.9 Å². The molecule has 2 aromatic rings. The number of halogens is 1. The molecule has 2 aromatic carbocycles. The maximum Gasteiger partial charge on any atom is 0.265 e. The van der Waals surface area contributed by atoms with Crippen LogP contribution in [0.1, 0.15) is 11.1 Å². The van der Waals surface area contributed by atoms with Gasteiger partial charge in [0.1, 0.15) is 4.90 Å². The van der Waals surface area contributed by atoms with Crippen molar-refractivity contribution < 1.29 is 8.42 Å². The summed E-state index contributed by atoms with van der Waals surface area (Å²) in [5.41, 5.74) is 1.83. The molecule has 21 heavy (non-hydrogen) atoms. The highest BCUT2D eigenvalue weighted by Crippen LogP contribution is 2.28. The Balaban J connectivity index is 2.50. The van der Waals surface area contributed by atoms with Crippen molar-refractivity contribution in [3.05, 3.63) is 58.6 Å². The zero-order valence-electron chi connectivity index (χ0n) is 11.5. The average Bonchev–Trinajstić information content (AvgIpc) is 2.45. The standard InChI is InChI=1S/C15H13ClN2O2S/c1-11-4-3-5-13(8-11)18(2)21(19,20)15-7-6-12(10-17)9-14(15)16/h3-9H,1-2H3. The van der Waals surface area contributed by atoms with E-state index in [2.05, 4.69) is 0 Å². The molecule has 0 amide bonds. The van der Waals surface area contributed by atoms with E-state index in [1.165, 1.54) is 29.6 Å². The predicted octanol–water partition coefficient (Wildman–Crippen LogP) is 3.35. The van der Waals surface area contributed by atoms with E-state index < -0.39 is 10.0 Å². The summed E-state index contributed by atoms with van der Waals surface area (Å²) in [7, 11) is -2.30. The number of benzene rings is 2. The van der Waals surface area contributed by atoms with Crippen molar-refractivity contribution in [2.24, 2.45) is 0 Å².